The fourth-order valence-electron chi connectivity index (χ4n) is 6.20. The zero-order chi connectivity index (χ0) is 35.9. The van der Waals surface area contributed by atoms with E-state index in [9.17, 15) is 0 Å². The maximum atomic E-state index is 7.23. The standard InChI is InChI=1S/C31H28N3O.C12H10N.Ir/c1-18(2)21-11-8-12-22(19(3)4)29(21)34-27-17-32-20(5)16-26(27)33-31(34)25-14-9-13-24-23-10-6-7-15-28(23)35-30(24)25;1-10-7-8-12(13-9-10)11-5-3-2-4-6-11;/h6-13,15-19H,1-5H3;2-5,7-9H,1H3;/q2*-1;/i;1D3;. The van der Waals surface area contributed by atoms with E-state index in [1.807, 2.05) is 55.6 Å². The first-order chi connectivity index (χ1) is 24.5. The quantitative estimate of drug-likeness (QED) is 0.162. The molecule has 0 unspecified atom stereocenters. The average molecular weight is 822 g/mol. The third-order valence-electron chi connectivity index (χ3n) is 8.55. The molecular weight excluding hydrogens is 781 g/mol. The summed E-state index contributed by atoms with van der Waals surface area (Å²) >= 11 is 0. The molecule has 0 amide bonds. The fourth-order valence-corrected chi connectivity index (χ4v) is 6.20. The Bertz CT molecular complexity index is 2460. The molecular formula is C43H38IrN4O-2. The van der Waals surface area contributed by atoms with Gasteiger partial charge in [0.2, 0.25) is 0 Å². The van der Waals surface area contributed by atoms with Gasteiger partial charge in [-0.2, -0.15) is 0 Å². The van der Waals surface area contributed by atoms with Gasteiger partial charge in [0, 0.05) is 47.2 Å². The van der Waals surface area contributed by atoms with Gasteiger partial charge in [-0.15, -0.1) is 54.1 Å². The molecule has 8 aromatic rings. The number of aromatic nitrogens is 4. The molecule has 0 aliphatic heterocycles. The molecule has 0 aliphatic rings. The Balaban J connectivity index is 0.000000230. The van der Waals surface area contributed by atoms with E-state index in [1.54, 1.807) is 18.2 Å². The van der Waals surface area contributed by atoms with Crippen LogP contribution in [0.3, 0.4) is 0 Å². The Kier molecular flexibility index (Phi) is 8.80. The summed E-state index contributed by atoms with van der Waals surface area (Å²) in [6, 6.07) is 38.2. The van der Waals surface area contributed by atoms with Crippen LogP contribution < -0.4 is 0 Å². The smallest absolute Gasteiger partial charge is 0.120 e. The van der Waals surface area contributed by atoms with Gasteiger partial charge in [0.25, 0.3) is 0 Å². The monoisotopic (exact) mass is 822 g/mol. The summed E-state index contributed by atoms with van der Waals surface area (Å²) in [4.78, 5) is 13.9. The van der Waals surface area contributed by atoms with Gasteiger partial charge in [0.05, 0.1) is 28.6 Å². The molecule has 0 atom stereocenters. The van der Waals surface area contributed by atoms with Crippen LogP contribution >= 0.6 is 0 Å². The molecule has 49 heavy (non-hydrogen) atoms. The fraction of sp³-hybridized carbons (Fsp3) is 0.186. The molecule has 0 saturated heterocycles. The summed E-state index contributed by atoms with van der Waals surface area (Å²) in [5.41, 5.74) is 11.0. The molecule has 0 fully saturated rings. The molecule has 8 rings (SSSR count). The summed E-state index contributed by atoms with van der Waals surface area (Å²) in [5.74, 6) is 1.52. The molecule has 5 nitrogen and oxygen atoms in total. The minimum absolute atomic E-state index is 0. The van der Waals surface area contributed by atoms with Crippen molar-refractivity contribution in [2.24, 2.45) is 0 Å². The van der Waals surface area contributed by atoms with Crippen molar-refractivity contribution in [1.29, 1.82) is 0 Å². The molecule has 247 valence electrons. The minimum atomic E-state index is -2.09. The van der Waals surface area contributed by atoms with E-state index in [0.29, 0.717) is 11.8 Å². The molecule has 0 aliphatic carbocycles. The topological polar surface area (TPSA) is 56.7 Å². The van der Waals surface area contributed by atoms with E-state index >= 15 is 0 Å². The van der Waals surface area contributed by atoms with Crippen LogP contribution in [0.15, 0.2) is 114 Å². The van der Waals surface area contributed by atoms with Gasteiger partial charge in [-0.05, 0) is 60.1 Å². The maximum absolute atomic E-state index is 7.23. The second-order valence-corrected chi connectivity index (χ2v) is 12.6. The Morgan fingerprint density at radius 3 is 2.24 bits per heavy atom. The van der Waals surface area contributed by atoms with Gasteiger partial charge in [0.15, 0.2) is 0 Å². The second-order valence-electron chi connectivity index (χ2n) is 12.6. The van der Waals surface area contributed by atoms with Crippen molar-refractivity contribution >= 4 is 33.0 Å². The van der Waals surface area contributed by atoms with Crippen LogP contribution in [0.25, 0.3) is 61.3 Å². The van der Waals surface area contributed by atoms with Crippen molar-refractivity contribution in [3.05, 3.63) is 144 Å². The van der Waals surface area contributed by atoms with Crippen LogP contribution in [0.5, 0.6) is 0 Å². The average Bonchev–Trinajstić information content (AvgIpc) is 3.70. The van der Waals surface area contributed by atoms with Crippen molar-refractivity contribution in [3.8, 4) is 28.3 Å². The van der Waals surface area contributed by atoms with E-state index in [4.69, 9.17) is 13.5 Å². The van der Waals surface area contributed by atoms with Gasteiger partial charge in [-0.25, -0.2) is 0 Å². The Morgan fingerprint density at radius 2 is 1.55 bits per heavy atom. The SMILES string of the molecule is Cc1cc2nc(-c3[c-]ccc4c3oc3ccccc34)n(-c3c(C(C)C)cccc3C(C)C)c2cn1.[2H]C([2H])([2H])c1ccc(-c2[c-]cccc2)nc1.[Ir]. The van der Waals surface area contributed by atoms with Crippen LogP contribution in [0.2, 0.25) is 0 Å². The number of hydrogen-bond donors (Lipinski definition) is 0. The molecule has 0 saturated carbocycles. The van der Waals surface area contributed by atoms with Crippen molar-refractivity contribution < 1.29 is 28.6 Å². The number of imidazole rings is 1. The van der Waals surface area contributed by atoms with E-state index in [0.717, 1.165) is 61.3 Å². The van der Waals surface area contributed by atoms with Crippen molar-refractivity contribution in [1.82, 2.24) is 19.5 Å². The summed E-state index contributed by atoms with van der Waals surface area (Å²) in [6.07, 6.45) is 3.34. The molecule has 4 heterocycles. The Labute approximate surface area is 305 Å². The van der Waals surface area contributed by atoms with Gasteiger partial charge >= 0.3 is 0 Å². The number of benzene rings is 4. The molecule has 4 aromatic heterocycles. The van der Waals surface area contributed by atoms with Crippen molar-refractivity contribution in [2.75, 3.05) is 0 Å². The first-order valence-corrected chi connectivity index (χ1v) is 16.3. The van der Waals surface area contributed by atoms with Crippen LogP contribution in [-0.4, -0.2) is 19.5 Å². The number of furan rings is 1. The summed E-state index contributed by atoms with van der Waals surface area (Å²) < 4.78 is 30.4. The predicted molar refractivity (Wildman–Crippen MR) is 197 cm³/mol. The third kappa shape index (κ3) is 6.59. The number of para-hydroxylation sites is 2. The normalized spacial score (nSPS) is 12.4. The zero-order valence-electron chi connectivity index (χ0n) is 31.1. The number of aryl methyl sites for hydroxylation is 2. The second kappa shape index (κ2) is 14.3. The van der Waals surface area contributed by atoms with Gasteiger partial charge in [0.1, 0.15) is 5.58 Å². The van der Waals surface area contributed by atoms with Crippen LogP contribution in [0, 0.1) is 25.9 Å². The largest absolute Gasteiger partial charge is 0.501 e. The minimum Gasteiger partial charge on any atom is -0.501 e. The summed E-state index contributed by atoms with van der Waals surface area (Å²) in [7, 11) is 0. The van der Waals surface area contributed by atoms with E-state index in [2.05, 4.69) is 90.8 Å². The molecule has 1 radical (unpaired) electrons. The third-order valence-corrected chi connectivity index (χ3v) is 8.55. The van der Waals surface area contributed by atoms with E-state index in [-0.39, 0.29) is 25.7 Å². The Hall–Kier alpha value is -4.90. The van der Waals surface area contributed by atoms with Gasteiger partial charge < -0.3 is 14.0 Å². The van der Waals surface area contributed by atoms with Crippen LogP contribution in [0.1, 0.15) is 66.0 Å². The van der Waals surface area contributed by atoms with Crippen LogP contribution in [0.4, 0.5) is 0 Å². The van der Waals surface area contributed by atoms with Gasteiger partial charge in [-0.1, -0.05) is 87.2 Å². The predicted octanol–water partition coefficient (Wildman–Crippen LogP) is 11.2. The molecule has 0 bridgehead atoms. The van der Waals surface area contributed by atoms with E-state index in [1.165, 1.54) is 23.0 Å². The number of nitrogens with zero attached hydrogens (tertiary/aromatic N) is 4. The van der Waals surface area contributed by atoms with E-state index < -0.39 is 6.85 Å². The summed E-state index contributed by atoms with van der Waals surface area (Å²) in [6.45, 7) is 8.90. The zero-order valence-corrected chi connectivity index (χ0v) is 30.5. The Morgan fingerprint density at radius 1 is 0.776 bits per heavy atom. The van der Waals surface area contributed by atoms with Crippen molar-refractivity contribution in [2.45, 2.75) is 53.3 Å². The van der Waals surface area contributed by atoms with Gasteiger partial charge in [-0.3, -0.25) is 9.97 Å². The number of fused-ring (bicyclic) bond motifs is 4. The first-order valence-electron chi connectivity index (χ1n) is 17.8. The number of pyridine rings is 2. The van der Waals surface area contributed by atoms with Crippen LogP contribution in [-0.2, 0) is 20.1 Å². The van der Waals surface area contributed by atoms with Crippen molar-refractivity contribution in [3.63, 3.8) is 0 Å². The molecule has 0 spiro atoms. The summed E-state index contributed by atoms with van der Waals surface area (Å²) in [5, 5.41) is 2.17. The molecule has 0 N–H and O–H groups in total. The maximum Gasteiger partial charge on any atom is 0.120 e. The molecule has 6 heteroatoms. The molecule has 4 aromatic carbocycles. The number of rotatable bonds is 5. The number of hydrogen-bond acceptors (Lipinski definition) is 4. The first kappa shape index (κ1) is 30.2.